The van der Waals surface area contributed by atoms with Crippen LogP contribution in [0.5, 0.6) is 0 Å². The molecule has 0 bridgehead atoms. The Kier molecular flexibility index (Phi) is 4.68. The Morgan fingerprint density at radius 1 is 1.04 bits per heavy atom. The summed E-state index contributed by atoms with van der Waals surface area (Å²) in [5, 5.41) is 3.86. The molecule has 1 N–H and O–H groups in total. The van der Waals surface area contributed by atoms with Crippen LogP contribution in [0, 0.1) is 5.82 Å². The number of rotatable bonds is 6. The molecule has 8 heteroatoms. The highest BCUT2D eigenvalue weighted by molar-refractivity contribution is 7.89. The number of hydrogen-bond donors (Lipinski definition) is 1. The van der Waals surface area contributed by atoms with Crippen molar-refractivity contribution in [2.75, 3.05) is 6.54 Å². The van der Waals surface area contributed by atoms with Crippen molar-refractivity contribution >= 4 is 10.0 Å². The highest BCUT2D eigenvalue weighted by Crippen LogP contribution is 2.15. The van der Waals surface area contributed by atoms with Crippen molar-refractivity contribution in [2.24, 2.45) is 0 Å². The molecule has 3 rings (SSSR count). The topological polar surface area (TPSA) is 85.1 Å². The van der Waals surface area contributed by atoms with Crippen molar-refractivity contribution in [1.82, 2.24) is 14.9 Å². The van der Waals surface area contributed by atoms with Crippen LogP contribution in [0.1, 0.15) is 5.89 Å². The molecule has 6 nitrogen and oxygen atoms in total. The van der Waals surface area contributed by atoms with Crippen molar-refractivity contribution in [2.45, 2.75) is 11.3 Å². The predicted octanol–water partition coefficient (Wildman–Crippen LogP) is 2.40. The third-order valence-electron chi connectivity index (χ3n) is 3.25. The Hall–Kier alpha value is -2.58. The summed E-state index contributed by atoms with van der Waals surface area (Å²) in [6.07, 6.45) is 0.250. The fourth-order valence-corrected chi connectivity index (χ4v) is 3.08. The summed E-state index contributed by atoms with van der Waals surface area (Å²) in [5.41, 5.74) is 0.819. The van der Waals surface area contributed by atoms with E-state index >= 15 is 0 Å². The zero-order valence-electron chi connectivity index (χ0n) is 12.5. The van der Waals surface area contributed by atoms with Gasteiger partial charge in [-0.15, -0.1) is 0 Å². The van der Waals surface area contributed by atoms with E-state index in [2.05, 4.69) is 14.9 Å². The summed E-state index contributed by atoms with van der Waals surface area (Å²) < 4.78 is 44.5. The highest BCUT2D eigenvalue weighted by atomic mass is 32.2. The summed E-state index contributed by atoms with van der Waals surface area (Å²) >= 11 is 0. The smallest absolute Gasteiger partial charge is 0.240 e. The van der Waals surface area contributed by atoms with E-state index in [4.69, 9.17) is 4.52 Å². The first-order chi connectivity index (χ1) is 11.5. The number of hydrogen-bond acceptors (Lipinski definition) is 5. The van der Waals surface area contributed by atoms with Gasteiger partial charge < -0.3 is 4.52 Å². The van der Waals surface area contributed by atoms with Crippen molar-refractivity contribution in [3.8, 4) is 11.4 Å². The van der Waals surface area contributed by atoms with E-state index in [0.29, 0.717) is 11.7 Å². The maximum atomic E-state index is 12.8. The van der Waals surface area contributed by atoms with Gasteiger partial charge in [-0.2, -0.15) is 4.98 Å². The van der Waals surface area contributed by atoms with E-state index in [0.717, 1.165) is 17.7 Å². The largest absolute Gasteiger partial charge is 0.339 e. The lowest BCUT2D eigenvalue weighted by atomic mass is 10.2. The molecule has 0 saturated heterocycles. The molecule has 0 fully saturated rings. The molecule has 3 aromatic rings. The van der Waals surface area contributed by atoms with Gasteiger partial charge in [0.2, 0.25) is 21.7 Å². The zero-order valence-corrected chi connectivity index (χ0v) is 13.3. The van der Waals surface area contributed by atoms with Crippen LogP contribution in [0.25, 0.3) is 11.4 Å². The highest BCUT2D eigenvalue weighted by Gasteiger charge is 2.14. The first kappa shape index (κ1) is 16.3. The van der Waals surface area contributed by atoms with Gasteiger partial charge in [0.05, 0.1) is 4.90 Å². The summed E-state index contributed by atoms with van der Waals surface area (Å²) in [4.78, 5) is 4.22. The molecule has 0 aliphatic heterocycles. The summed E-state index contributed by atoms with van der Waals surface area (Å²) in [6.45, 7) is 0.0934. The second-order valence-corrected chi connectivity index (χ2v) is 6.75. The summed E-state index contributed by atoms with van der Waals surface area (Å²) in [5.74, 6) is 0.288. The maximum Gasteiger partial charge on any atom is 0.240 e. The lowest BCUT2D eigenvalue weighted by Gasteiger charge is -2.05. The Bertz CT molecular complexity index is 909. The number of halogens is 1. The number of nitrogens with one attached hydrogen (secondary N) is 1. The Balaban J connectivity index is 1.60. The van der Waals surface area contributed by atoms with E-state index in [1.165, 1.54) is 12.1 Å². The van der Waals surface area contributed by atoms with Crippen LogP contribution in [0.4, 0.5) is 4.39 Å². The molecule has 0 aliphatic carbocycles. The molecule has 0 aliphatic rings. The van der Waals surface area contributed by atoms with Crippen LogP contribution in [0.2, 0.25) is 0 Å². The average molecular weight is 347 g/mol. The third-order valence-corrected chi connectivity index (χ3v) is 4.73. The van der Waals surface area contributed by atoms with Crippen molar-refractivity contribution in [3.63, 3.8) is 0 Å². The van der Waals surface area contributed by atoms with Crippen LogP contribution in [0.15, 0.2) is 64.0 Å². The Morgan fingerprint density at radius 2 is 1.75 bits per heavy atom. The van der Waals surface area contributed by atoms with Crippen molar-refractivity contribution < 1.29 is 17.3 Å². The van der Waals surface area contributed by atoms with Crippen LogP contribution in [-0.2, 0) is 16.4 Å². The summed E-state index contributed by atoms with van der Waals surface area (Å²) in [7, 11) is -3.70. The van der Waals surface area contributed by atoms with Gasteiger partial charge in [0.15, 0.2) is 0 Å². The van der Waals surface area contributed by atoms with Gasteiger partial charge in [0.1, 0.15) is 5.82 Å². The van der Waals surface area contributed by atoms with Gasteiger partial charge in [-0.05, 0) is 24.3 Å². The van der Waals surface area contributed by atoms with Gasteiger partial charge in [-0.25, -0.2) is 17.5 Å². The maximum absolute atomic E-state index is 12.8. The number of aromatic nitrogens is 2. The molecule has 0 spiro atoms. The van der Waals surface area contributed by atoms with Gasteiger partial charge in [0, 0.05) is 18.5 Å². The molecular weight excluding hydrogens is 333 g/mol. The second kappa shape index (κ2) is 6.90. The minimum Gasteiger partial charge on any atom is -0.339 e. The molecule has 1 aromatic heterocycles. The predicted molar refractivity (Wildman–Crippen MR) is 85.0 cm³/mol. The lowest BCUT2D eigenvalue weighted by Crippen LogP contribution is -2.26. The standard InChI is InChI=1S/C16H14FN3O3S/c17-13-6-8-14(9-7-13)24(21,22)18-11-10-15-19-16(20-23-15)12-4-2-1-3-5-12/h1-9,18H,10-11H2. The molecule has 124 valence electrons. The van der Waals surface area contributed by atoms with Crippen molar-refractivity contribution in [1.29, 1.82) is 0 Å². The second-order valence-electron chi connectivity index (χ2n) is 4.98. The SMILES string of the molecule is O=S(=O)(NCCc1nc(-c2ccccc2)no1)c1ccc(F)cc1. The third kappa shape index (κ3) is 3.84. The molecule has 0 amide bonds. The van der Waals surface area contributed by atoms with Gasteiger partial charge >= 0.3 is 0 Å². The van der Waals surface area contributed by atoms with Crippen molar-refractivity contribution in [3.05, 3.63) is 66.3 Å². The lowest BCUT2D eigenvalue weighted by molar-refractivity contribution is 0.379. The van der Waals surface area contributed by atoms with Crippen LogP contribution >= 0.6 is 0 Å². The molecule has 1 heterocycles. The quantitative estimate of drug-likeness (QED) is 0.740. The molecule has 0 atom stereocenters. The minimum atomic E-state index is -3.70. The average Bonchev–Trinajstić information content (AvgIpc) is 3.05. The monoisotopic (exact) mass is 347 g/mol. The van der Waals surface area contributed by atoms with E-state index in [-0.39, 0.29) is 17.9 Å². The Labute approximate surface area is 138 Å². The number of benzene rings is 2. The normalized spacial score (nSPS) is 11.5. The van der Waals surface area contributed by atoms with Crippen LogP contribution < -0.4 is 4.72 Å². The fraction of sp³-hybridized carbons (Fsp3) is 0.125. The molecular formula is C16H14FN3O3S. The van der Waals surface area contributed by atoms with E-state index < -0.39 is 15.8 Å². The van der Waals surface area contributed by atoms with Gasteiger partial charge in [0.25, 0.3) is 0 Å². The van der Waals surface area contributed by atoms with Gasteiger partial charge in [-0.1, -0.05) is 35.5 Å². The number of nitrogens with zero attached hydrogens (tertiary/aromatic N) is 2. The first-order valence-electron chi connectivity index (χ1n) is 7.18. The van der Waals surface area contributed by atoms with Crippen LogP contribution in [-0.4, -0.2) is 25.1 Å². The van der Waals surface area contributed by atoms with Gasteiger partial charge in [-0.3, -0.25) is 0 Å². The zero-order chi connectivity index (χ0) is 17.0. The minimum absolute atomic E-state index is 0.000552. The molecule has 2 aromatic carbocycles. The molecule has 24 heavy (non-hydrogen) atoms. The summed E-state index contributed by atoms with van der Waals surface area (Å²) in [6, 6.07) is 13.9. The first-order valence-corrected chi connectivity index (χ1v) is 8.66. The van der Waals surface area contributed by atoms with Crippen LogP contribution in [0.3, 0.4) is 0 Å². The van der Waals surface area contributed by atoms with E-state index in [9.17, 15) is 12.8 Å². The Morgan fingerprint density at radius 3 is 2.46 bits per heavy atom. The number of sulfonamides is 1. The van der Waals surface area contributed by atoms with E-state index in [1.807, 2.05) is 30.3 Å². The fourth-order valence-electron chi connectivity index (χ4n) is 2.05. The molecule has 0 saturated carbocycles. The molecule has 0 radical (unpaired) electrons. The molecule has 0 unspecified atom stereocenters. The van der Waals surface area contributed by atoms with E-state index in [1.54, 1.807) is 0 Å².